The van der Waals surface area contributed by atoms with E-state index in [1.165, 1.54) is 11.8 Å². The number of nitrogens with one attached hydrogen (secondary N) is 1. The van der Waals surface area contributed by atoms with Crippen LogP contribution >= 0.6 is 11.8 Å². The van der Waals surface area contributed by atoms with Crippen molar-refractivity contribution in [1.29, 1.82) is 0 Å². The number of methoxy groups -OCH3 is 1. The maximum atomic E-state index is 12.0. The van der Waals surface area contributed by atoms with E-state index < -0.39 is 0 Å². The zero-order valence-corrected chi connectivity index (χ0v) is 17.5. The second-order valence-corrected chi connectivity index (χ2v) is 7.07. The maximum absolute atomic E-state index is 12.0. The molecule has 0 aliphatic carbocycles. The molecule has 1 heterocycles. The Morgan fingerprint density at radius 2 is 1.96 bits per heavy atom. The molecule has 2 aromatic rings. The number of ether oxygens (including phenoxy) is 2. The van der Waals surface area contributed by atoms with E-state index in [9.17, 15) is 4.79 Å². The van der Waals surface area contributed by atoms with Gasteiger partial charge in [-0.25, -0.2) is 15.4 Å². The molecule has 0 saturated carbocycles. The number of carbonyl (C=O) groups is 1. The van der Waals surface area contributed by atoms with E-state index in [1.54, 1.807) is 13.3 Å². The summed E-state index contributed by atoms with van der Waals surface area (Å²) in [6.07, 6.45) is 3.62. The van der Waals surface area contributed by atoms with Gasteiger partial charge in [0.05, 0.1) is 25.7 Å². The smallest absolute Gasteiger partial charge is 0.250 e. The van der Waals surface area contributed by atoms with Gasteiger partial charge in [-0.2, -0.15) is 5.10 Å². The van der Waals surface area contributed by atoms with Gasteiger partial charge in [-0.05, 0) is 50.1 Å². The van der Waals surface area contributed by atoms with Crippen molar-refractivity contribution in [3.05, 3.63) is 41.2 Å². The third kappa shape index (κ3) is 7.19. The lowest BCUT2D eigenvalue weighted by atomic mass is 10.2. The second kappa shape index (κ2) is 11.3. The minimum Gasteiger partial charge on any atom is -0.493 e. The van der Waals surface area contributed by atoms with Crippen molar-refractivity contribution in [3.63, 3.8) is 0 Å². The summed E-state index contributed by atoms with van der Waals surface area (Å²) in [5, 5.41) is 4.58. The van der Waals surface area contributed by atoms with Gasteiger partial charge >= 0.3 is 0 Å². The lowest BCUT2D eigenvalue weighted by Crippen LogP contribution is -2.19. The predicted octanol–water partition coefficient (Wildman–Crippen LogP) is 3.52. The van der Waals surface area contributed by atoms with Gasteiger partial charge in [0, 0.05) is 11.4 Å². The molecular formula is C20H26N4O3S. The Hall–Kier alpha value is -2.61. The van der Waals surface area contributed by atoms with Crippen LogP contribution in [0.4, 0.5) is 0 Å². The Morgan fingerprint density at radius 3 is 2.64 bits per heavy atom. The first-order valence-corrected chi connectivity index (χ1v) is 10.1. The third-order valence-corrected chi connectivity index (χ3v) is 4.49. The van der Waals surface area contributed by atoms with Crippen LogP contribution in [0.25, 0.3) is 0 Å². The molecule has 0 radical (unpaired) electrons. The highest BCUT2D eigenvalue weighted by molar-refractivity contribution is 7.99. The summed E-state index contributed by atoms with van der Waals surface area (Å²) >= 11 is 1.28. The fraction of sp³-hybridized carbons (Fsp3) is 0.400. The first kappa shape index (κ1) is 21.7. The summed E-state index contributed by atoms with van der Waals surface area (Å²) in [6, 6.07) is 7.40. The molecule has 150 valence electrons. The summed E-state index contributed by atoms with van der Waals surface area (Å²) in [5.74, 6) is 1.29. The second-order valence-electron chi connectivity index (χ2n) is 6.13. The zero-order chi connectivity index (χ0) is 20.4. The molecule has 7 nitrogen and oxygen atoms in total. The number of unbranched alkanes of at least 4 members (excludes halogenated alkanes) is 1. The SMILES string of the molecule is CCCCOc1ccc(/C=N/NC(=O)CSc2nc(C)cc(C)n2)cc1OC. The molecule has 1 aromatic heterocycles. The van der Waals surface area contributed by atoms with Gasteiger partial charge in [-0.3, -0.25) is 4.79 Å². The van der Waals surface area contributed by atoms with Crippen LogP contribution in [0.2, 0.25) is 0 Å². The minimum absolute atomic E-state index is 0.188. The number of hydrogen-bond donors (Lipinski definition) is 1. The maximum Gasteiger partial charge on any atom is 0.250 e. The van der Waals surface area contributed by atoms with Gasteiger partial charge in [-0.1, -0.05) is 25.1 Å². The lowest BCUT2D eigenvalue weighted by molar-refractivity contribution is -0.118. The van der Waals surface area contributed by atoms with E-state index in [-0.39, 0.29) is 11.7 Å². The fourth-order valence-corrected chi connectivity index (χ4v) is 3.05. The largest absolute Gasteiger partial charge is 0.493 e. The third-order valence-electron chi connectivity index (χ3n) is 3.64. The minimum atomic E-state index is -0.226. The fourth-order valence-electron chi connectivity index (χ4n) is 2.31. The monoisotopic (exact) mass is 402 g/mol. The van der Waals surface area contributed by atoms with Crippen LogP contribution < -0.4 is 14.9 Å². The number of nitrogens with zero attached hydrogens (tertiary/aromatic N) is 3. The average molecular weight is 403 g/mol. The summed E-state index contributed by atoms with van der Waals surface area (Å²) in [4.78, 5) is 20.5. The molecule has 0 fully saturated rings. The quantitative estimate of drug-likeness (QED) is 0.215. The van der Waals surface area contributed by atoms with Crippen molar-refractivity contribution in [2.24, 2.45) is 5.10 Å². The number of aromatic nitrogens is 2. The summed E-state index contributed by atoms with van der Waals surface area (Å²) < 4.78 is 11.1. The molecule has 1 N–H and O–H groups in total. The van der Waals surface area contributed by atoms with E-state index in [1.807, 2.05) is 38.1 Å². The van der Waals surface area contributed by atoms with Crippen LogP contribution in [0.15, 0.2) is 34.5 Å². The highest BCUT2D eigenvalue weighted by atomic mass is 32.2. The Morgan fingerprint density at radius 1 is 1.21 bits per heavy atom. The van der Waals surface area contributed by atoms with Crippen molar-refractivity contribution in [3.8, 4) is 11.5 Å². The molecule has 0 aliphatic heterocycles. The lowest BCUT2D eigenvalue weighted by Gasteiger charge is -2.10. The Balaban J connectivity index is 1.86. The molecule has 1 amide bonds. The van der Waals surface area contributed by atoms with Crippen molar-refractivity contribution in [2.45, 2.75) is 38.8 Å². The summed E-state index contributed by atoms with van der Waals surface area (Å²) in [6.45, 7) is 6.56. The highest BCUT2D eigenvalue weighted by Gasteiger charge is 2.07. The summed E-state index contributed by atoms with van der Waals surface area (Å²) in [7, 11) is 1.59. The van der Waals surface area contributed by atoms with Crippen molar-refractivity contribution < 1.29 is 14.3 Å². The van der Waals surface area contributed by atoms with Crippen LogP contribution in [-0.2, 0) is 4.79 Å². The molecule has 0 atom stereocenters. The van der Waals surface area contributed by atoms with E-state index in [0.717, 1.165) is 29.8 Å². The highest BCUT2D eigenvalue weighted by Crippen LogP contribution is 2.27. The van der Waals surface area contributed by atoms with Gasteiger partial charge < -0.3 is 9.47 Å². The molecule has 2 rings (SSSR count). The zero-order valence-electron chi connectivity index (χ0n) is 16.7. The number of hydrogen-bond acceptors (Lipinski definition) is 7. The van der Waals surface area contributed by atoms with Gasteiger partial charge in [0.25, 0.3) is 5.91 Å². The molecule has 0 bridgehead atoms. The molecule has 0 unspecified atom stereocenters. The number of aryl methyl sites for hydroxylation is 2. The number of hydrazone groups is 1. The number of carbonyl (C=O) groups excluding carboxylic acids is 1. The number of amides is 1. The summed E-state index contributed by atoms with van der Waals surface area (Å²) in [5.41, 5.74) is 5.06. The number of rotatable bonds is 10. The Bertz CT molecular complexity index is 807. The van der Waals surface area contributed by atoms with Crippen molar-refractivity contribution in [1.82, 2.24) is 15.4 Å². The number of thioether (sulfide) groups is 1. The number of benzene rings is 1. The van der Waals surface area contributed by atoms with Crippen LogP contribution in [0.3, 0.4) is 0 Å². The molecule has 1 aromatic carbocycles. The van der Waals surface area contributed by atoms with Gasteiger partial charge in [-0.15, -0.1) is 0 Å². The van der Waals surface area contributed by atoms with Gasteiger partial charge in [0.15, 0.2) is 16.7 Å². The molecular weight excluding hydrogens is 376 g/mol. The standard InChI is InChI=1S/C20H26N4O3S/c1-5-6-9-27-17-8-7-16(11-18(17)26-4)12-21-24-19(25)13-28-20-22-14(2)10-15(3)23-20/h7-8,10-12H,5-6,9,13H2,1-4H3,(H,24,25)/b21-12+. The first-order valence-electron chi connectivity index (χ1n) is 9.09. The Labute approximate surface area is 170 Å². The van der Waals surface area contributed by atoms with Gasteiger partial charge in [0.1, 0.15) is 0 Å². The first-order chi connectivity index (χ1) is 13.5. The molecule has 0 spiro atoms. The van der Waals surface area contributed by atoms with Crippen LogP contribution in [0.1, 0.15) is 36.7 Å². The van der Waals surface area contributed by atoms with Crippen LogP contribution in [0.5, 0.6) is 11.5 Å². The van der Waals surface area contributed by atoms with Crippen molar-refractivity contribution >= 4 is 23.9 Å². The van der Waals surface area contributed by atoms with E-state index >= 15 is 0 Å². The Kier molecular flexibility index (Phi) is 8.74. The van der Waals surface area contributed by atoms with E-state index in [0.29, 0.717) is 23.3 Å². The van der Waals surface area contributed by atoms with Gasteiger partial charge in [0.2, 0.25) is 0 Å². The normalized spacial score (nSPS) is 10.9. The molecule has 0 saturated heterocycles. The average Bonchev–Trinajstić information content (AvgIpc) is 2.66. The molecule has 8 heteroatoms. The van der Waals surface area contributed by atoms with E-state index in [2.05, 4.69) is 27.4 Å². The molecule has 0 aliphatic rings. The van der Waals surface area contributed by atoms with Crippen LogP contribution in [-0.4, -0.2) is 41.6 Å². The predicted molar refractivity (Wildman–Crippen MR) is 111 cm³/mol. The van der Waals surface area contributed by atoms with Crippen molar-refractivity contribution in [2.75, 3.05) is 19.5 Å². The molecule has 28 heavy (non-hydrogen) atoms. The van der Waals surface area contributed by atoms with E-state index in [4.69, 9.17) is 9.47 Å². The van der Waals surface area contributed by atoms with Crippen LogP contribution in [0, 0.1) is 13.8 Å². The topological polar surface area (TPSA) is 85.7 Å².